The highest BCUT2D eigenvalue weighted by Crippen LogP contribution is 2.32. The molecule has 0 aliphatic rings. The number of aliphatic hydroxyl groups excluding tert-OH is 1. The maximum Gasteiger partial charge on any atom is 0.163 e. The van der Waals surface area contributed by atoms with E-state index in [1.54, 1.807) is 18.0 Å². The summed E-state index contributed by atoms with van der Waals surface area (Å²) in [5, 5.41) is 14.9. The molecule has 1 N–H and O–H groups in total. The summed E-state index contributed by atoms with van der Waals surface area (Å²) in [7, 11) is 1.58. The van der Waals surface area contributed by atoms with Gasteiger partial charge in [0, 0.05) is 10.5 Å². The van der Waals surface area contributed by atoms with Gasteiger partial charge in [0.25, 0.3) is 0 Å². The number of nitrogens with zero attached hydrogens (tertiary/aromatic N) is 2. The third-order valence-corrected chi connectivity index (χ3v) is 3.42. The molecule has 0 bridgehead atoms. The van der Waals surface area contributed by atoms with E-state index in [1.807, 2.05) is 38.1 Å². The maximum absolute atomic E-state index is 10.6. The highest BCUT2D eigenvalue weighted by atomic mass is 79.9. The smallest absolute Gasteiger partial charge is 0.163 e. The first-order valence-corrected chi connectivity index (χ1v) is 6.88. The van der Waals surface area contributed by atoms with Crippen LogP contribution in [0.5, 0.6) is 5.75 Å². The van der Waals surface area contributed by atoms with E-state index in [0.717, 1.165) is 10.0 Å². The molecule has 1 heterocycles. The first-order valence-electron chi connectivity index (χ1n) is 6.09. The Kier molecular flexibility index (Phi) is 4.27. The summed E-state index contributed by atoms with van der Waals surface area (Å²) in [5.41, 5.74) is 1.48. The molecule has 0 fully saturated rings. The van der Waals surface area contributed by atoms with Crippen molar-refractivity contribution < 1.29 is 9.84 Å². The van der Waals surface area contributed by atoms with Gasteiger partial charge in [-0.3, -0.25) is 4.68 Å². The molecule has 19 heavy (non-hydrogen) atoms. The van der Waals surface area contributed by atoms with Crippen LogP contribution in [-0.4, -0.2) is 22.0 Å². The van der Waals surface area contributed by atoms with E-state index in [1.165, 1.54) is 0 Å². The number of hydrogen-bond donors (Lipinski definition) is 1. The normalized spacial score (nSPS) is 12.7. The average molecular weight is 325 g/mol. The predicted molar refractivity (Wildman–Crippen MR) is 77.4 cm³/mol. The van der Waals surface area contributed by atoms with Crippen molar-refractivity contribution in [2.45, 2.75) is 26.0 Å². The molecular weight excluding hydrogens is 308 g/mol. The minimum atomic E-state index is -0.766. The minimum absolute atomic E-state index is 0.153. The third-order valence-electron chi connectivity index (χ3n) is 2.93. The fraction of sp³-hybridized carbons (Fsp3) is 0.357. The van der Waals surface area contributed by atoms with E-state index in [4.69, 9.17) is 4.74 Å². The molecule has 1 aromatic carbocycles. The number of rotatable bonds is 4. The topological polar surface area (TPSA) is 47.3 Å². The number of aromatic nitrogens is 2. The van der Waals surface area contributed by atoms with Crippen molar-refractivity contribution in [1.82, 2.24) is 9.78 Å². The first kappa shape index (κ1) is 14.1. The van der Waals surface area contributed by atoms with Gasteiger partial charge in [0.15, 0.2) is 5.75 Å². The summed E-state index contributed by atoms with van der Waals surface area (Å²) in [5.74, 6) is 0.598. The Hall–Kier alpha value is -1.33. The van der Waals surface area contributed by atoms with Gasteiger partial charge in [-0.25, -0.2) is 0 Å². The van der Waals surface area contributed by atoms with Gasteiger partial charge in [0.1, 0.15) is 11.8 Å². The quantitative estimate of drug-likeness (QED) is 0.938. The number of benzene rings is 1. The number of halogens is 1. The lowest BCUT2D eigenvalue weighted by molar-refractivity contribution is 0.199. The van der Waals surface area contributed by atoms with Crippen LogP contribution in [0.15, 0.2) is 34.9 Å². The molecule has 0 saturated heterocycles. The van der Waals surface area contributed by atoms with Crippen molar-refractivity contribution in [2.24, 2.45) is 0 Å². The summed E-state index contributed by atoms with van der Waals surface area (Å²) in [6, 6.07) is 7.74. The van der Waals surface area contributed by atoms with Crippen LogP contribution >= 0.6 is 15.9 Å². The fourth-order valence-corrected chi connectivity index (χ4v) is 2.44. The zero-order valence-electron chi connectivity index (χ0n) is 11.2. The molecule has 1 atom stereocenters. The molecule has 0 aliphatic heterocycles. The zero-order valence-corrected chi connectivity index (χ0v) is 12.8. The predicted octanol–water partition coefficient (Wildman–Crippen LogP) is 3.32. The standard InChI is InChI=1S/C14H17BrN2O2/c1-9(2)17-13(12(19-3)8-16-17)14(18)10-5-4-6-11(15)7-10/h4-9,14,18H,1-3H3. The van der Waals surface area contributed by atoms with Crippen LogP contribution in [0, 0.1) is 0 Å². The van der Waals surface area contributed by atoms with E-state index in [-0.39, 0.29) is 6.04 Å². The van der Waals surface area contributed by atoms with Gasteiger partial charge in [-0.05, 0) is 31.5 Å². The van der Waals surface area contributed by atoms with Crippen molar-refractivity contribution in [3.05, 3.63) is 46.2 Å². The molecule has 2 aromatic rings. The molecule has 2 rings (SSSR count). The third kappa shape index (κ3) is 2.82. The van der Waals surface area contributed by atoms with Crippen LogP contribution in [0.1, 0.15) is 37.3 Å². The molecule has 0 aliphatic carbocycles. The highest BCUT2D eigenvalue weighted by Gasteiger charge is 2.22. The summed E-state index contributed by atoms with van der Waals surface area (Å²) in [6.45, 7) is 4.03. The summed E-state index contributed by atoms with van der Waals surface area (Å²) < 4.78 is 8.01. The largest absolute Gasteiger partial charge is 0.493 e. The van der Waals surface area contributed by atoms with Crippen molar-refractivity contribution in [3.63, 3.8) is 0 Å². The number of methoxy groups -OCH3 is 1. The second-order valence-corrected chi connectivity index (χ2v) is 5.51. The lowest BCUT2D eigenvalue weighted by atomic mass is 10.1. The lowest BCUT2D eigenvalue weighted by Gasteiger charge is -2.17. The van der Waals surface area contributed by atoms with Crippen LogP contribution in [0.4, 0.5) is 0 Å². The molecular formula is C14H17BrN2O2. The molecule has 0 amide bonds. The Morgan fingerprint density at radius 1 is 1.37 bits per heavy atom. The fourth-order valence-electron chi connectivity index (χ4n) is 2.02. The Morgan fingerprint density at radius 3 is 2.68 bits per heavy atom. The van der Waals surface area contributed by atoms with E-state index in [0.29, 0.717) is 11.4 Å². The van der Waals surface area contributed by atoms with Gasteiger partial charge in [-0.15, -0.1) is 0 Å². The number of aliphatic hydroxyl groups is 1. The van der Waals surface area contributed by atoms with Crippen LogP contribution in [0.2, 0.25) is 0 Å². The van der Waals surface area contributed by atoms with Crippen LogP contribution < -0.4 is 4.74 Å². The van der Waals surface area contributed by atoms with Gasteiger partial charge in [-0.2, -0.15) is 5.10 Å². The maximum atomic E-state index is 10.6. The van der Waals surface area contributed by atoms with Gasteiger partial charge in [0.2, 0.25) is 0 Å². The summed E-state index contributed by atoms with van der Waals surface area (Å²) >= 11 is 3.41. The zero-order chi connectivity index (χ0) is 14.0. The van der Waals surface area contributed by atoms with Crippen molar-refractivity contribution in [1.29, 1.82) is 0 Å². The SMILES string of the molecule is COc1cnn(C(C)C)c1C(O)c1cccc(Br)c1. The van der Waals surface area contributed by atoms with E-state index in [2.05, 4.69) is 21.0 Å². The second-order valence-electron chi connectivity index (χ2n) is 4.59. The van der Waals surface area contributed by atoms with Gasteiger partial charge in [0.05, 0.1) is 13.3 Å². The van der Waals surface area contributed by atoms with Crippen molar-refractivity contribution in [2.75, 3.05) is 7.11 Å². The Labute approximate surface area is 121 Å². The van der Waals surface area contributed by atoms with E-state index in [9.17, 15) is 5.11 Å². The Morgan fingerprint density at radius 2 is 2.11 bits per heavy atom. The minimum Gasteiger partial charge on any atom is -0.493 e. The number of hydrogen-bond acceptors (Lipinski definition) is 3. The van der Waals surface area contributed by atoms with Crippen LogP contribution in [0.25, 0.3) is 0 Å². The summed E-state index contributed by atoms with van der Waals surface area (Å²) in [4.78, 5) is 0. The average Bonchev–Trinajstić information content (AvgIpc) is 2.81. The molecule has 0 saturated carbocycles. The van der Waals surface area contributed by atoms with Crippen molar-refractivity contribution in [3.8, 4) is 5.75 Å². The monoisotopic (exact) mass is 324 g/mol. The van der Waals surface area contributed by atoms with Crippen molar-refractivity contribution >= 4 is 15.9 Å². The molecule has 0 radical (unpaired) electrons. The molecule has 1 unspecified atom stereocenters. The molecule has 1 aromatic heterocycles. The molecule has 102 valence electrons. The van der Waals surface area contributed by atoms with Gasteiger partial charge < -0.3 is 9.84 Å². The molecule has 5 heteroatoms. The number of ether oxygens (including phenoxy) is 1. The van der Waals surface area contributed by atoms with Crippen LogP contribution in [-0.2, 0) is 0 Å². The van der Waals surface area contributed by atoms with Gasteiger partial charge >= 0.3 is 0 Å². The van der Waals surface area contributed by atoms with Gasteiger partial charge in [-0.1, -0.05) is 28.1 Å². The Bertz CT molecular complexity index is 566. The Balaban J connectivity index is 2.48. The van der Waals surface area contributed by atoms with E-state index >= 15 is 0 Å². The second kappa shape index (κ2) is 5.75. The first-order chi connectivity index (χ1) is 9.04. The lowest BCUT2D eigenvalue weighted by Crippen LogP contribution is -2.13. The summed E-state index contributed by atoms with van der Waals surface area (Å²) in [6.07, 6.45) is 0.869. The highest BCUT2D eigenvalue weighted by molar-refractivity contribution is 9.10. The van der Waals surface area contributed by atoms with Crippen LogP contribution in [0.3, 0.4) is 0 Å². The molecule has 0 spiro atoms. The van der Waals surface area contributed by atoms with E-state index < -0.39 is 6.10 Å². The molecule has 4 nitrogen and oxygen atoms in total.